The largest absolute Gasteiger partial charge is 0.315 e. The molecule has 0 aromatic heterocycles. The molecule has 0 amide bonds. The minimum Gasteiger partial charge on any atom is -0.315 e. The molecule has 0 bridgehead atoms. The lowest BCUT2D eigenvalue weighted by atomic mass is 10.2. The Morgan fingerprint density at radius 1 is 1.11 bits per heavy atom. The van der Waals surface area contributed by atoms with Crippen molar-refractivity contribution in [3.63, 3.8) is 0 Å². The third-order valence-electron chi connectivity index (χ3n) is 2.84. The summed E-state index contributed by atoms with van der Waals surface area (Å²) in [5.74, 6) is 0.717. The zero-order chi connectivity index (χ0) is 13.4. The van der Waals surface area contributed by atoms with E-state index >= 15 is 0 Å². The van der Waals surface area contributed by atoms with Crippen LogP contribution in [0.5, 0.6) is 0 Å². The molecule has 0 saturated carbocycles. The Morgan fingerprint density at radius 2 is 1.83 bits per heavy atom. The average Bonchev–Trinajstić information content (AvgIpc) is 2.36. The van der Waals surface area contributed by atoms with Crippen molar-refractivity contribution < 1.29 is 0 Å². The lowest BCUT2D eigenvalue weighted by Crippen LogP contribution is -2.37. The molecule has 18 heavy (non-hydrogen) atoms. The van der Waals surface area contributed by atoms with Crippen LogP contribution in [0.2, 0.25) is 0 Å². The zero-order valence-electron chi connectivity index (χ0n) is 12.0. The zero-order valence-corrected chi connectivity index (χ0v) is 12.8. The standard InChI is InChI=1S/C15H26N2S/c1-12(2)9-16-10-13(3)17-11-14-7-5-6-8-15(14)18-4/h5-8,12-13,16-17H,9-11H2,1-4H3. The van der Waals surface area contributed by atoms with Crippen LogP contribution < -0.4 is 10.6 Å². The van der Waals surface area contributed by atoms with Gasteiger partial charge in [-0.1, -0.05) is 32.0 Å². The van der Waals surface area contributed by atoms with E-state index in [4.69, 9.17) is 0 Å². The van der Waals surface area contributed by atoms with E-state index in [1.54, 1.807) is 0 Å². The summed E-state index contributed by atoms with van der Waals surface area (Å²) in [4.78, 5) is 1.37. The Hall–Kier alpha value is -0.510. The van der Waals surface area contributed by atoms with Gasteiger partial charge in [0.15, 0.2) is 0 Å². The summed E-state index contributed by atoms with van der Waals surface area (Å²) in [6, 6.07) is 9.09. The first-order valence-corrected chi connectivity index (χ1v) is 7.92. The SMILES string of the molecule is CSc1ccccc1CNC(C)CNCC(C)C. The average molecular weight is 266 g/mol. The topological polar surface area (TPSA) is 24.1 Å². The van der Waals surface area contributed by atoms with Crippen LogP contribution in [0, 0.1) is 5.92 Å². The van der Waals surface area contributed by atoms with Crippen LogP contribution in [0.3, 0.4) is 0 Å². The summed E-state index contributed by atoms with van der Waals surface area (Å²) in [5.41, 5.74) is 1.39. The van der Waals surface area contributed by atoms with Crippen LogP contribution in [0.1, 0.15) is 26.3 Å². The molecule has 2 nitrogen and oxygen atoms in total. The molecule has 0 aliphatic carbocycles. The monoisotopic (exact) mass is 266 g/mol. The van der Waals surface area contributed by atoms with Gasteiger partial charge >= 0.3 is 0 Å². The Kier molecular flexibility index (Phi) is 7.40. The number of hydrogen-bond acceptors (Lipinski definition) is 3. The summed E-state index contributed by atoms with van der Waals surface area (Å²) in [7, 11) is 0. The first-order valence-electron chi connectivity index (χ1n) is 6.69. The van der Waals surface area contributed by atoms with Crippen LogP contribution in [-0.4, -0.2) is 25.4 Å². The molecule has 0 radical (unpaired) electrons. The summed E-state index contributed by atoms with van der Waals surface area (Å²) in [5, 5.41) is 7.05. The van der Waals surface area contributed by atoms with E-state index in [0.29, 0.717) is 6.04 Å². The van der Waals surface area contributed by atoms with Crippen LogP contribution in [0.25, 0.3) is 0 Å². The van der Waals surface area contributed by atoms with Gasteiger partial charge in [-0.2, -0.15) is 0 Å². The van der Waals surface area contributed by atoms with Crippen LogP contribution in [0.4, 0.5) is 0 Å². The van der Waals surface area contributed by atoms with Gasteiger partial charge in [-0.25, -0.2) is 0 Å². The van der Waals surface area contributed by atoms with Crippen molar-refractivity contribution >= 4 is 11.8 Å². The van der Waals surface area contributed by atoms with E-state index in [1.165, 1.54) is 10.5 Å². The van der Waals surface area contributed by atoms with Crippen LogP contribution >= 0.6 is 11.8 Å². The van der Waals surface area contributed by atoms with Gasteiger partial charge in [-0.3, -0.25) is 0 Å². The van der Waals surface area contributed by atoms with Crippen molar-refractivity contribution in [1.29, 1.82) is 0 Å². The van der Waals surface area contributed by atoms with Gasteiger partial charge in [-0.05, 0) is 37.3 Å². The molecule has 2 N–H and O–H groups in total. The molecule has 1 atom stereocenters. The van der Waals surface area contributed by atoms with Crippen LogP contribution in [-0.2, 0) is 6.54 Å². The highest BCUT2D eigenvalue weighted by Gasteiger charge is 2.04. The predicted octanol–water partition coefficient (Wildman–Crippen LogP) is 3.13. The van der Waals surface area contributed by atoms with E-state index < -0.39 is 0 Å². The van der Waals surface area contributed by atoms with Crippen molar-refractivity contribution in [3.8, 4) is 0 Å². The summed E-state index contributed by atoms with van der Waals surface area (Å²) in [6.45, 7) is 9.77. The highest BCUT2D eigenvalue weighted by atomic mass is 32.2. The summed E-state index contributed by atoms with van der Waals surface area (Å²) in [6.07, 6.45) is 2.13. The van der Waals surface area contributed by atoms with E-state index in [0.717, 1.165) is 25.6 Å². The molecule has 0 saturated heterocycles. The van der Waals surface area contributed by atoms with Gasteiger partial charge in [0.1, 0.15) is 0 Å². The molecule has 0 aliphatic rings. The first kappa shape index (κ1) is 15.5. The Labute approximate surface area is 116 Å². The van der Waals surface area contributed by atoms with Crippen molar-refractivity contribution in [2.45, 2.75) is 38.3 Å². The van der Waals surface area contributed by atoms with Gasteiger partial charge in [0, 0.05) is 24.0 Å². The van der Waals surface area contributed by atoms with E-state index in [9.17, 15) is 0 Å². The Bertz CT molecular complexity index is 339. The van der Waals surface area contributed by atoms with Gasteiger partial charge in [0.25, 0.3) is 0 Å². The Balaban J connectivity index is 2.31. The number of nitrogens with one attached hydrogen (secondary N) is 2. The van der Waals surface area contributed by atoms with Crippen molar-refractivity contribution in [1.82, 2.24) is 10.6 Å². The highest BCUT2D eigenvalue weighted by Crippen LogP contribution is 2.19. The maximum absolute atomic E-state index is 3.57. The minimum absolute atomic E-state index is 0.499. The van der Waals surface area contributed by atoms with Gasteiger partial charge in [0.05, 0.1) is 0 Å². The van der Waals surface area contributed by atoms with Crippen molar-refractivity contribution in [2.24, 2.45) is 5.92 Å². The third kappa shape index (κ3) is 5.89. The molecule has 1 aromatic rings. The fourth-order valence-corrected chi connectivity index (χ4v) is 2.41. The Morgan fingerprint density at radius 3 is 2.50 bits per heavy atom. The molecule has 0 spiro atoms. The molecular formula is C15H26N2S. The fraction of sp³-hybridized carbons (Fsp3) is 0.600. The summed E-state index contributed by atoms with van der Waals surface area (Å²) < 4.78 is 0. The van der Waals surface area contributed by atoms with E-state index in [1.807, 2.05) is 11.8 Å². The maximum atomic E-state index is 3.57. The molecular weight excluding hydrogens is 240 g/mol. The number of hydrogen-bond donors (Lipinski definition) is 2. The minimum atomic E-state index is 0.499. The number of thioether (sulfide) groups is 1. The molecule has 3 heteroatoms. The van der Waals surface area contributed by atoms with Crippen LogP contribution in [0.15, 0.2) is 29.2 Å². The second-order valence-corrected chi connectivity index (χ2v) is 5.99. The van der Waals surface area contributed by atoms with Gasteiger partial charge < -0.3 is 10.6 Å². The smallest absolute Gasteiger partial charge is 0.0219 e. The normalized spacial score (nSPS) is 12.9. The van der Waals surface area contributed by atoms with Gasteiger partial charge in [-0.15, -0.1) is 11.8 Å². The molecule has 102 valence electrons. The second-order valence-electron chi connectivity index (χ2n) is 5.15. The molecule has 0 fully saturated rings. The quantitative estimate of drug-likeness (QED) is 0.707. The number of rotatable bonds is 8. The molecule has 1 rings (SSSR count). The highest BCUT2D eigenvalue weighted by molar-refractivity contribution is 7.98. The van der Waals surface area contributed by atoms with Gasteiger partial charge in [0.2, 0.25) is 0 Å². The van der Waals surface area contributed by atoms with Crippen molar-refractivity contribution in [2.75, 3.05) is 19.3 Å². The van der Waals surface area contributed by atoms with Crippen molar-refractivity contribution in [3.05, 3.63) is 29.8 Å². The van der Waals surface area contributed by atoms with E-state index in [2.05, 4.69) is 61.9 Å². The maximum Gasteiger partial charge on any atom is 0.0219 e. The molecule has 1 aromatic carbocycles. The second kappa shape index (κ2) is 8.57. The molecule has 1 unspecified atom stereocenters. The lowest BCUT2D eigenvalue weighted by molar-refractivity contribution is 0.471. The lowest BCUT2D eigenvalue weighted by Gasteiger charge is -2.16. The predicted molar refractivity (Wildman–Crippen MR) is 82.2 cm³/mol. The summed E-state index contributed by atoms with van der Waals surface area (Å²) >= 11 is 1.81. The number of benzene rings is 1. The fourth-order valence-electron chi connectivity index (χ4n) is 1.79. The third-order valence-corrected chi connectivity index (χ3v) is 3.67. The molecule has 0 heterocycles. The van der Waals surface area contributed by atoms with E-state index in [-0.39, 0.29) is 0 Å². The first-order chi connectivity index (χ1) is 8.63. The molecule has 0 aliphatic heterocycles.